The highest BCUT2D eigenvalue weighted by molar-refractivity contribution is 7.15. The van der Waals surface area contributed by atoms with Gasteiger partial charge in [-0.25, -0.2) is 4.79 Å². The molecule has 0 fully saturated rings. The summed E-state index contributed by atoms with van der Waals surface area (Å²) in [6.07, 6.45) is 3.36. The van der Waals surface area contributed by atoms with E-state index in [9.17, 15) is 14.4 Å². The number of nitrogens with one attached hydrogen (secondary N) is 1. The second-order valence-corrected chi connectivity index (χ2v) is 6.24. The van der Waals surface area contributed by atoms with Crippen LogP contribution < -0.4 is 5.32 Å². The van der Waals surface area contributed by atoms with Crippen molar-refractivity contribution in [3.05, 3.63) is 29.3 Å². The van der Waals surface area contributed by atoms with Gasteiger partial charge in [0.25, 0.3) is 5.91 Å². The van der Waals surface area contributed by atoms with Gasteiger partial charge in [0, 0.05) is 17.4 Å². The minimum Gasteiger partial charge on any atom is -0.464 e. The van der Waals surface area contributed by atoms with E-state index in [4.69, 9.17) is 13.9 Å². The maximum Gasteiger partial charge on any atom is 0.341 e. The highest BCUT2D eigenvalue weighted by Crippen LogP contribution is 2.36. The van der Waals surface area contributed by atoms with Crippen LogP contribution in [0.1, 0.15) is 43.5 Å². The van der Waals surface area contributed by atoms with Gasteiger partial charge in [0.1, 0.15) is 16.3 Å². The maximum atomic E-state index is 12.3. The number of hydrogen-bond acceptors (Lipinski definition) is 7. The first-order chi connectivity index (χ1) is 12.6. The first-order valence-corrected chi connectivity index (χ1v) is 9.22. The first-order valence-electron chi connectivity index (χ1n) is 8.34. The molecule has 0 atom stereocenters. The van der Waals surface area contributed by atoms with Gasteiger partial charge in [0.05, 0.1) is 12.9 Å². The van der Waals surface area contributed by atoms with E-state index in [0.29, 0.717) is 22.7 Å². The monoisotopic (exact) mass is 379 g/mol. The summed E-state index contributed by atoms with van der Waals surface area (Å²) in [7, 11) is 0. The highest BCUT2D eigenvalue weighted by atomic mass is 32.1. The number of ether oxygens (including phenoxy) is 2. The SMILES string of the molecule is CCCCC(=O)OCC(=O)Nc1scc(-c2ccco2)c1C(=O)OCC. The number of furan rings is 1. The quantitative estimate of drug-likeness (QED) is 0.665. The Bertz CT molecular complexity index is 750. The summed E-state index contributed by atoms with van der Waals surface area (Å²) >= 11 is 1.17. The number of unbranched alkanes of at least 4 members (excludes halogenated alkanes) is 1. The van der Waals surface area contributed by atoms with Crippen LogP contribution in [0.4, 0.5) is 5.00 Å². The van der Waals surface area contributed by atoms with Crippen LogP contribution in [0, 0.1) is 0 Å². The molecule has 2 aromatic heterocycles. The Morgan fingerprint density at radius 1 is 1.23 bits per heavy atom. The van der Waals surface area contributed by atoms with Crippen molar-refractivity contribution in [1.82, 2.24) is 0 Å². The molecule has 2 aromatic rings. The van der Waals surface area contributed by atoms with Crippen LogP contribution in [0.2, 0.25) is 0 Å². The Labute approximate surface area is 155 Å². The van der Waals surface area contributed by atoms with Gasteiger partial charge in [-0.3, -0.25) is 9.59 Å². The topological polar surface area (TPSA) is 94.8 Å². The maximum absolute atomic E-state index is 12.3. The van der Waals surface area contributed by atoms with Crippen molar-refractivity contribution in [2.24, 2.45) is 0 Å². The molecule has 0 aromatic carbocycles. The number of esters is 2. The van der Waals surface area contributed by atoms with Gasteiger partial charge in [-0.2, -0.15) is 0 Å². The molecule has 0 bridgehead atoms. The lowest BCUT2D eigenvalue weighted by Crippen LogP contribution is -2.21. The van der Waals surface area contributed by atoms with E-state index in [2.05, 4.69) is 5.32 Å². The Balaban J connectivity index is 2.10. The van der Waals surface area contributed by atoms with Crippen molar-refractivity contribution < 1.29 is 28.3 Å². The average Bonchev–Trinajstić information content (AvgIpc) is 3.27. The Hall–Kier alpha value is -2.61. The van der Waals surface area contributed by atoms with Crippen molar-refractivity contribution in [1.29, 1.82) is 0 Å². The molecule has 0 saturated heterocycles. The van der Waals surface area contributed by atoms with Gasteiger partial charge in [0.15, 0.2) is 6.61 Å². The molecule has 0 spiro atoms. The molecular weight excluding hydrogens is 358 g/mol. The summed E-state index contributed by atoms with van der Waals surface area (Å²) in [6, 6.07) is 3.42. The zero-order chi connectivity index (χ0) is 18.9. The van der Waals surface area contributed by atoms with Crippen LogP contribution in [0.5, 0.6) is 0 Å². The molecule has 2 heterocycles. The van der Waals surface area contributed by atoms with Crippen LogP contribution in [0.15, 0.2) is 28.2 Å². The molecule has 0 aliphatic rings. The normalized spacial score (nSPS) is 10.4. The number of thiophene rings is 1. The zero-order valence-corrected chi connectivity index (χ0v) is 15.5. The van der Waals surface area contributed by atoms with E-state index in [0.717, 1.165) is 6.42 Å². The van der Waals surface area contributed by atoms with Gasteiger partial charge in [-0.15, -0.1) is 11.3 Å². The lowest BCUT2D eigenvalue weighted by molar-refractivity contribution is -0.147. The van der Waals surface area contributed by atoms with Crippen molar-refractivity contribution in [2.75, 3.05) is 18.5 Å². The smallest absolute Gasteiger partial charge is 0.341 e. The number of hydrogen-bond donors (Lipinski definition) is 1. The largest absolute Gasteiger partial charge is 0.464 e. The van der Waals surface area contributed by atoms with Crippen LogP contribution in [-0.4, -0.2) is 31.1 Å². The van der Waals surface area contributed by atoms with Gasteiger partial charge in [0.2, 0.25) is 0 Å². The second-order valence-electron chi connectivity index (χ2n) is 5.36. The molecule has 2 rings (SSSR count). The van der Waals surface area contributed by atoms with E-state index in [1.165, 1.54) is 17.6 Å². The van der Waals surface area contributed by atoms with E-state index < -0.39 is 24.5 Å². The van der Waals surface area contributed by atoms with E-state index in [1.54, 1.807) is 24.4 Å². The summed E-state index contributed by atoms with van der Waals surface area (Å²) in [4.78, 5) is 35.9. The Kier molecular flexibility index (Phi) is 7.40. The summed E-state index contributed by atoms with van der Waals surface area (Å²) in [5.74, 6) is -1.01. The summed E-state index contributed by atoms with van der Waals surface area (Å²) in [5, 5.41) is 4.63. The van der Waals surface area contributed by atoms with Gasteiger partial charge >= 0.3 is 11.9 Å². The summed E-state index contributed by atoms with van der Waals surface area (Å²) in [6.45, 7) is 3.46. The number of carbonyl (C=O) groups is 3. The van der Waals surface area contributed by atoms with Crippen LogP contribution >= 0.6 is 11.3 Å². The fourth-order valence-electron chi connectivity index (χ4n) is 2.17. The molecule has 26 heavy (non-hydrogen) atoms. The molecule has 7 nitrogen and oxygen atoms in total. The van der Waals surface area contributed by atoms with Crippen molar-refractivity contribution in [2.45, 2.75) is 33.1 Å². The van der Waals surface area contributed by atoms with E-state index in [-0.39, 0.29) is 18.6 Å². The third-order valence-corrected chi connectivity index (χ3v) is 4.30. The standard InChI is InChI=1S/C18H21NO6S/c1-3-5-8-15(21)25-10-14(20)19-17-16(18(22)23-4-2)12(11-26-17)13-7-6-9-24-13/h6-7,9,11H,3-5,8,10H2,1-2H3,(H,19,20). The Morgan fingerprint density at radius 2 is 2.04 bits per heavy atom. The molecule has 1 N–H and O–H groups in total. The highest BCUT2D eigenvalue weighted by Gasteiger charge is 2.24. The predicted octanol–water partition coefficient (Wildman–Crippen LogP) is 3.86. The van der Waals surface area contributed by atoms with E-state index >= 15 is 0 Å². The molecule has 0 unspecified atom stereocenters. The number of amides is 1. The summed E-state index contributed by atoms with van der Waals surface area (Å²) in [5.41, 5.74) is 0.756. The minimum absolute atomic E-state index is 0.203. The van der Waals surface area contributed by atoms with Crippen molar-refractivity contribution in [3.8, 4) is 11.3 Å². The van der Waals surface area contributed by atoms with Gasteiger partial charge in [-0.1, -0.05) is 13.3 Å². The average molecular weight is 379 g/mol. The fourth-order valence-corrected chi connectivity index (χ4v) is 3.12. The number of rotatable bonds is 9. The number of carbonyl (C=O) groups excluding carboxylic acids is 3. The molecule has 1 amide bonds. The predicted molar refractivity (Wildman–Crippen MR) is 97.1 cm³/mol. The minimum atomic E-state index is -0.560. The molecule has 140 valence electrons. The first kappa shape index (κ1) is 19.7. The number of anilines is 1. The fraction of sp³-hybridized carbons (Fsp3) is 0.389. The molecule has 0 aliphatic heterocycles. The van der Waals surface area contributed by atoms with Crippen LogP contribution in [0.25, 0.3) is 11.3 Å². The molecule has 0 saturated carbocycles. The lowest BCUT2D eigenvalue weighted by atomic mass is 10.1. The molecule has 0 aliphatic carbocycles. The van der Waals surface area contributed by atoms with Crippen molar-refractivity contribution >= 4 is 34.2 Å². The van der Waals surface area contributed by atoms with Crippen molar-refractivity contribution in [3.63, 3.8) is 0 Å². The molecule has 8 heteroatoms. The second kappa shape index (κ2) is 9.76. The van der Waals surface area contributed by atoms with E-state index in [1.807, 2.05) is 6.92 Å². The zero-order valence-electron chi connectivity index (χ0n) is 14.7. The molecule has 0 radical (unpaired) electrons. The Morgan fingerprint density at radius 3 is 2.69 bits per heavy atom. The summed E-state index contributed by atoms with van der Waals surface area (Å²) < 4.78 is 15.3. The molecular formula is C18H21NO6S. The van der Waals surface area contributed by atoms with Gasteiger partial charge < -0.3 is 19.2 Å². The lowest BCUT2D eigenvalue weighted by Gasteiger charge is -2.08. The third kappa shape index (κ3) is 5.19. The van der Waals surface area contributed by atoms with Crippen LogP contribution in [-0.2, 0) is 19.1 Å². The van der Waals surface area contributed by atoms with Crippen LogP contribution in [0.3, 0.4) is 0 Å². The third-order valence-electron chi connectivity index (χ3n) is 3.41. The van der Waals surface area contributed by atoms with Gasteiger partial charge in [-0.05, 0) is 25.5 Å².